The molecule has 0 unspecified atom stereocenters. The minimum atomic E-state index is -0.577. The summed E-state index contributed by atoms with van der Waals surface area (Å²) in [6.07, 6.45) is 1.37. The standard InChI is InChI=1S/C14H13ClN2O3/c15-13-12(8-10(16)9-17-13)14(18)20-7-6-19-11-4-2-1-3-5-11/h1-5,8-9H,6-7,16H2. The molecule has 0 aliphatic rings. The molecule has 104 valence electrons. The number of carbonyl (C=O) groups excluding carboxylic acids is 1. The van der Waals surface area contributed by atoms with Crippen LogP contribution in [0.4, 0.5) is 5.69 Å². The van der Waals surface area contributed by atoms with Gasteiger partial charge in [0.25, 0.3) is 0 Å². The maximum Gasteiger partial charge on any atom is 0.341 e. The number of anilines is 1. The second-order valence-electron chi connectivity index (χ2n) is 3.90. The lowest BCUT2D eigenvalue weighted by Gasteiger charge is -2.08. The van der Waals surface area contributed by atoms with Crippen LogP contribution in [0.1, 0.15) is 10.4 Å². The molecule has 0 bridgehead atoms. The molecule has 0 aliphatic heterocycles. The largest absolute Gasteiger partial charge is 0.490 e. The summed E-state index contributed by atoms with van der Waals surface area (Å²) in [5, 5.41) is 0.0631. The molecule has 2 rings (SSSR count). The third-order valence-corrected chi connectivity index (χ3v) is 2.71. The maximum atomic E-state index is 11.8. The van der Waals surface area contributed by atoms with E-state index in [0.29, 0.717) is 11.4 Å². The number of carbonyl (C=O) groups is 1. The van der Waals surface area contributed by atoms with Gasteiger partial charge >= 0.3 is 5.97 Å². The predicted molar refractivity (Wildman–Crippen MR) is 75.9 cm³/mol. The number of nitrogens with zero attached hydrogens (tertiary/aromatic N) is 1. The highest BCUT2D eigenvalue weighted by molar-refractivity contribution is 6.32. The molecule has 0 radical (unpaired) electrons. The molecule has 0 fully saturated rings. The molecule has 2 N–H and O–H groups in total. The van der Waals surface area contributed by atoms with Crippen molar-refractivity contribution in [3.8, 4) is 5.75 Å². The molecule has 1 aromatic heterocycles. The van der Waals surface area contributed by atoms with Crippen LogP contribution in [-0.4, -0.2) is 24.2 Å². The summed E-state index contributed by atoms with van der Waals surface area (Å²) < 4.78 is 10.4. The molecule has 20 heavy (non-hydrogen) atoms. The van der Waals surface area contributed by atoms with E-state index in [2.05, 4.69) is 4.98 Å². The van der Waals surface area contributed by atoms with Crippen LogP contribution >= 0.6 is 11.6 Å². The summed E-state index contributed by atoms with van der Waals surface area (Å²) in [6, 6.07) is 10.7. The molecular weight excluding hydrogens is 280 g/mol. The Morgan fingerprint density at radius 2 is 2.00 bits per heavy atom. The Morgan fingerprint density at radius 3 is 2.75 bits per heavy atom. The number of hydrogen-bond donors (Lipinski definition) is 1. The maximum absolute atomic E-state index is 11.8. The molecule has 1 aromatic carbocycles. The van der Waals surface area contributed by atoms with E-state index < -0.39 is 5.97 Å². The van der Waals surface area contributed by atoms with Crippen molar-refractivity contribution >= 4 is 23.3 Å². The van der Waals surface area contributed by atoms with E-state index in [1.807, 2.05) is 30.3 Å². The first-order chi connectivity index (χ1) is 9.66. The summed E-state index contributed by atoms with van der Waals surface area (Å²) in [6.45, 7) is 0.363. The zero-order chi connectivity index (χ0) is 14.4. The Labute approximate surface area is 121 Å². The normalized spacial score (nSPS) is 10.1. The van der Waals surface area contributed by atoms with Gasteiger partial charge in [0.15, 0.2) is 0 Å². The van der Waals surface area contributed by atoms with E-state index in [-0.39, 0.29) is 23.9 Å². The second kappa shape index (κ2) is 6.77. The quantitative estimate of drug-likeness (QED) is 0.521. The van der Waals surface area contributed by atoms with Crippen molar-refractivity contribution in [3.05, 3.63) is 53.3 Å². The first-order valence-electron chi connectivity index (χ1n) is 5.93. The topological polar surface area (TPSA) is 74.4 Å². The number of benzene rings is 1. The van der Waals surface area contributed by atoms with Crippen molar-refractivity contribution in [1.82, 2.24) is 4.98 Å². The molecule has 0 atom stereocenters. The number of aromatic nitrogens is 1. The lowest BCUT2D eigenvalue weighted by atomic mass is 10.3. The van der Waals surface area contributed by atoms with Crippen molar-refractivity contribution in [3.63, 3.8) is 0 Å². The number of pyridine rings is 1. The molecule has 0 saturated heterocycles. The van der Waals surface area contributed by atoms with Crippen molar-refractivity contribution in [2.24, 2.45) is 0 Å². The van der Waals surface area contributed by atoms with Gasteiger partial charge in [-0.3, -0.25) is 0 Å². The zero-order valence-corrected chi connectivity index (χ0v) is 11.3. The fourth-order valence-corrected chi connectivity index (χ4v) is 1.68. The average Bonchev–Trinajstić information content (AvgIpc) is 2.47. The highest BCUT2D eigenvalue weighted by Crippen LogP contribution is 2.16. The average molecular weight is 293 g/mol. The number of esters is 1. The molecule has 0 amide bonds. The number of ether oxygens (including phenoxy) is 2. The smallest absolute Gasteiger partial charge is 0.341 e. The van der Waals surface area contributed by atoms with E-state index in [9.17, 15) is 4.79 Å². The fraction of sp³-hybridized carbons (Fsp3) is 0.143. The van der Waals surface area contributed by atoms with Crippen LogP contribution in [0.5, 0.6) is 5.75 Å². The van der Waals surface area contributed by atoms with Crippen LogP contribution in [0, 0.1) is 0 Å². The van der Waals surface area contributed by atoms with E-state index in [1.165, 1.54) is 12.3 Å². The van der Waals surface area contributed by atoms with E-state index in [0.717, 1.165) is 0 Å². The van der Waals surface area contributed by atoms with Crippen LogP contribution in [0.15, 0.2) is 42.6 Å². The summed E-state index contributed by atoms with van der Waals surface area (Å²) >= 11 is 5.80. The Hall–Kier alpha value is -2.27. The summed E-state index contributed by atoms with van der Waals surface area (Å²) in [5.41, 5.74) is 6.04. The molecule has 0 spiro atoms. The molecule has 5 nitrogen and oxygen atoms in total. The summed E-state index contributed by atoms with van der Waals surface area (Å²) in [5.74, 6) is 0.138. The van der Waals surface area contributed by atoms with Crippen LogP contribution < -0.4 is 10.5 Å². The predicted octanol–water partition coefficient (Wildman–Crippen LogP) is 2.55. The highest BCUT2D eigenvalue weighted by Gasteiger charge is 2.13. The Morgan fingerprint density at radius 1 is 1.25 bits per heavy atom. The van der Waals surface area contributed by atoms with Gasteiger partial charge in [-0.05, 0) is 18.2 Å². The number of nitrogen functional groups attached to an aromatic ring is 1. The van der Waals surface area contributed by atoms with Crippen molar-refractivity contribution in [2.75, 3.05) is 18.9 Å². The Kier molecular flexibility index (Phi) is 4.79. The summed E-state index contributed by atoms with van der Waals surface area (Å²) in [4.78, 5) is 15.6. The van der Waals surface area contributed by atoms with Gasteiger partial charge in [0.1, 0.15) is 24.1 Å². The van der Waals surface area contributed by atoms with Gasteiger partial charge in [0.05, 0.1) is 17.4 Å². The molecule has 1 heterocycles. The summed E-state index contributed by atoms with van der Waals surface area (Å²) in [7, 11) is 0. The van der Waals surface area contributed by atoms with E-state index in [1.54, 1.807) is 0 Å². The number of para-hydroxylation sites is 1. The molecule has 6 heteroatoms. The fourth-order valence-electron chi connectivity index (χ4n) is 1.50. The zero-order valence-electron chi connectivity index (χ0n) is 10.6. The van der Waals surface area contributed by atoms with Gasteiger partial charge in [-0.2, -0.15) is 0 Å². The molecular formula is C14H13ClN2O3. The van der Waals surface area contributed by atoms with Gasteiger partial charge < -0.3 is 15.2 Å². The molecule has 2 aromatic rings. The minimum Gasteiger partial charge on any atom is -0.490 e. The van der Waals surface area contributed by atoms with E-state index >= 15 is 0 Å². The highest BCUT2D eigenvalue weighted by atomic mass is 35.5. The third-order valence-electron chi connectivity index (χ3n) is 2.41. The van der Waals surface area contributed by atoms with Gasteiger partial charge in [-0.1, -0.05) is 29.8 Å². The Bertz CT molecular complexity index is 590. The van der Waals surface area contributed by atoms with Crippen LogP contribution in [-0.2, 0) is 4.74 Å². The van der Waals surface area contributed by atoms with Crippen molar-refractivity contribution in [2.45, 2.75) is 0 Å². The van der Waals surface area contributed by atoms with E-state index in [4.69, 9.17) is 26.8 Å². The van der Waals surface area contributed by atoms with Crippen molar-refractivity contribution in [1.29, 1.82) is 0 Å². The van der Waals surface area contributed by atoms with Gasteiger partial charge in [-0.15, -0.1) is 0 Å². The van der Waals surface area contributed by atoms with Crippen molar-refractivity contribution < 1.29 is 14.3 Å². The second-order valence-corrected chi connectivity index (χ2v) is 4.26. The van der Waals surface area contributed by atoms with Crippen LogP contribution in [0.2, 0.25) is 5.15 Å². The van der Waals surface area contributed by atoms with Crippen LogP contribution in [0.25, 0.3) is 0 Å². The van der Waals surface area contributed by atoms with Gasteiger partial charge in [-0.25, -0.2) is 9.78 Å². The van der Waals surface area contributed by atoms with Crippen LogP contribution in [0.3, 0.4) is 0 Å². The first-order valence-corrected chi connectivity index (χ1v) is 6.30. The molecule has 0 saturated carbocycles. The number of halogens is 1. The first kappa shape index (κ1) is 14.1. The molecule has 0 aliphatic carbocycles. The SMILES string of the molecule is Nc1cnc(Cl)c(C(=O)OCCOc2ccccc2)c1. The van der Waals surface area contributed by atoms with Gasteiger partial charge in [0.2, 0.25) is 0 Å². The third kappa shape index (κ3) is 3.86. The van der Waals surface area contributed by atoms with Gasteiger partial charge in [0, 0.05) is 0 Å². The Balaban J connectivity index is 1.82. The number of rotatable bonds is 5. The lowest BCUT2D eigenvalue weighted by Crippen LogP contribution is -2.13. The lowest BCUT2D eigenvalue weighted by molar-refractivity contribution is 0.0450. The monoisotopic (exact) mass is 292 g/mol. The number of hydrogen-bond acceptors (Lipinski definition) is 5. The number of nitrogens with two attached hydrogens (primary N) is 1. The minimum absolute atomic E-state index is 0.0631.